The molecule has 0 radical (unpaired) electrons. The molecule has 2 nitrogen and oxygen atoms in total. The van der Waals surface area contributed by atoms with Gasteiger partial charge in [-0.3, -0.25) is 5.01 Å². The zero-order chi connectivity index (χ0) is 14.2. The molecule has 2 heteroatoms. The first-order valence-electron chi connectivity index (χ1n) is 7.36. The molecular weight excluding hydrogens is 232 g/mol. The van der Waals surface area contributed by atoms with Gasteiger partial charge in [0.25, 0.3) is 0 Å². The van der Waals surface area contributed by atoms with Gasteiger partial charge in [0, 0.05) is 11.6 Å². The van der Waals surface area contributed by atoms with Gasteiger partial charge in [0.05, 0.1) is 11.7 Å². The van der Waals surface area contributed by atoms with Crippen molar-refractivity contribution in [1.29, 1.82) is 0 Å². The fraction of sp³-hybridized carbons (Fsp3) is 0.588. The highest BCUT2D eigenvalue weighted by molar-refractivity contribution is 5.89. The van der Waals surface area contributed by atoms with Crippen molar-refractivity contribution in [2.45, 2.75) is 53.5 Å². The summed E-state index contributed by atoms with van der Waals surface area (Å²) in [4.78, 5) is 0. The summed E-state index contributed by atoms with van der Waals surface area (Å²) < 4.78 is 0. The van der Waals surface area contributed by atoms with Crippen molar-refractivity contribution in [1.82, 2.24) is 0 Å². The highest BCUT2D eigenvalue weighted by Gasteiger charge is 2.34. The predicted molar refractivity (Wildman–Crippen MR) is 83.9 cm³/mol. The first-order valence-corrected chi connectivity index (χ1v) is 7.36. The summed E-state index contributed by atoms with van der Waals surface area (Å²) in [7, 11) is 0. The Kier molecular flexibility index (Phi) is 3.98. The van der Waals surface area contributed by atoms with E-state index in [4.69, 9.17) is 5.10 Å². The molecular formula is C17H26N2. The molecule has 0 amide bonds. The minimum absolute atomic E-state index is 0.449. The molecule has 0 aliphatic carbocycles. The van der Waals surface area contributed by atoms with Crippen molar-refractivity contribution >= 4 is 11.4 Å². The molecule has 1 heterocycles. The molecule has 2 atom stereocenters. The van der Waals surface area contributed by atoms with Crippen LogP contribution in [0.5, 0.6) is 0 Å². The lowest BCUT2D eigenvalue weighted by atomic mass is 9.86. The van der Waals surface area contributed by atoms with Crippen LogP contribution in [0.4, 0.5) is 5.69 Å². The lowest BCUT2D eigenvalue weighted by molar-refractivity contribution is 0.436. The summed E-state index contributed by atoms with van der Waals surface area (Å²) in [6.07, 6.45) is 0. The number of hydrogen-bond acceptors (Lipinski definition) is 2. The van der Waals surface area contributed by atoms with Crippen LogP contribution in [0.25, 0.3) is 0 Å². The third kappa shape index (κ3) is 2.68. The van der Waals surface area contributed by atoms with E-state index in [1.54, 1.807) is 0 Å². The summed E-state index contributed by atoms with van der Waals surface area (Å²) in [5, 5.41) is 6.95. The molecule has 104 valence electrons. The van der Waals surface area contributed by atoms with Crippen LogP contribution in [-0.4, -0.2) is 11.8 Å². The summed E-state index contributed by atoms with van der Waals surface area (Å²) >= 11 is 0. The van der Waals surface area contributed by atoms with Crippen LogP contribution < -0.4 is 5.01 Å². The van der Waals surface area contributed by atoms with E-state index >= 15 is 0 Å². The van der Waals surface area contributed by atoms with Crippen LogP contribution in [0, 0.1) is 11.8 Å². The van der Waals surface area contributed by atoms with E-state index in [1.807, 2.05) is 0 Å². The number of rotatable bonds is 3. The highest BCUT2D eigenvalue weighted by Crippen LogP contribution is 2.32. The Balaban J connectivity index is 2.24. The molecule has 1 aromatic carbocycles. The molecule has 0 saturated carbocycles. The molecule has 1 aromatic rings. The van der Waals surface area contributed by atoms with Crippen LogP contribution >= 0.6 is 0 Å². The molecule has 2 rings (SSSR count). The van der Waals surface area contributed by atoms with E-state index in [-0.39, 0.29) is 0 Å². The van der Waals surface area contributed by atoms with Crippen molar-refractivity contribution in [3.8, 4) is 0 Å². The van der Waals surface area contributed by atoms with E-state index < -0.39 is 0 Å². The Morgan fingerprint density at radius 1 is 1.05 bits per heavy atom. The van der Waals surface area contributed by atoms with Crippen LogP contribution in [0.3, 0.4) is 0 Å². The molecule has 0 fully saturated rings. The fourth-order valence-electron chi connectivity index (χ4n) is 3.17. The molecule has 19 heavy (non-hydrogen) atoms. The average Bonchev–Trinajstić information content (AvgIpc) is 2.65. The second kappa shape index (κ2) is 5.36. The van der Waals surface area contributed by atoms with Crippen LogP contribution in [0.2, 0.25) is 0 Å². The first kappa shape index (κ1) is 14.1. The summed E-state index contributed by atoms with van der Waals surface area (Å²) in [5.41, 5.74) is 3.85. The fourth-order valence-corrected chi connectivity index (χ4v) is 3.17. The third-order valence-electron chi connectivity index (χ3n) is 4.20. The monoisotopic (exact) mass is 258 g/mol. The Morgan fingerprint density at radius 2 is 1.63 bits per heavy atom. The number of anilines is 1. The topological polar surface area (TPSA) is 15.6 Å². The van der Waals surface area contributed by atoms with E-state index in [2.05, 4.69) is 70.8 Å². The van der Waals surface area contributed by atoms with Crippen molar-refractivity contribution in [2.75, 3.05) is 5.01 Å². The van der Waals surface area contributed by atoms with Crippen molar-refractivity contribution in [2.24, 2.45) is 16.9 Å². The van der Waals surface area contributed by atoms with Gasteiger partial charge in [0.2, 0.25) is 0 Å². The Hall–Kier alpha value is -1.31. The number of hydrogen-bond donors (Lipinski definition) is 0. The first-order chi connectivity index (χ1) is 8.91. The van der Waals surface area contributed by atoms with Gasteiger partial charge in [-0.1, -0.05) is 39.8 Å². The SMILES string of the molecule is CC1=NN(c2ccc(C(C)C)cc2)C(C)C1C(C)C. The molecule has 0 spiro atoms. The minimum Gasteiger partial charge on any atom is -0.262 e. The maximum absolute atomic E-state index is 4.77. The highest BCUT2D eigenvalue weighted by atomic mass is 15.5. The van der Waals surface area contributed by atoms with E-state index in [0.717, 1.165) is 0 Å². The van der Waals surface area contributed by atoms with E-state index in [1.165, 1.54) is 17.0 Å². The van der Waals surface area contributed by atoms with Crippen molar-refractivity contribution in [3.63, 3.8) is 0 Å². The lowest BCUT2D eigenvalue weighted by Gasteiger charge is -2.26. The quantitative estimate of drug-likeness (QED) is 0.769. The van der Waals surface area contributed by atoms with Gasteiger partial charge < -0.3 is 0 Å². The molecule has 0 N–H and O–H groups in total. The maximum atomic E-state index is 4.77. The second-order valence-electron chi connectivity index (χ2n) is 6.34. The van der Waals surface area contributed by atoms with Gasteiger partial charge >= 0.3 is 0 Å². The Labute approximate surface area is 117 Å². The van der Waals surface area contributed by atoms with E-state index in [9.17, 15) is 0 Å². The maximum Gasteiger partial charge on any atom is 0.0597 e. The summed E-state index contributed by atoms with van der Waals surface area (Å²) in [6, 6.07) is 9.29. The Bertz CT molecular complexity index is 457. The zero-order valence-corrected chi connectivity index (χ0v) is 13.0. The summed E-state index contributed by atoms with van der Waals surface area (Å²) in [6.45, 7) is 13.5. The van der Waals surface area contributed by atoms with Gasteiger partial charge in [-0.15, -0.1) is 0 Å². The third-order valence-corrected chi connectivity index (χ3v) is 4.20. The van der Waals surface area contributed by atoms with Gasteiger partial charge in [0.15, 0.2) is 0 Å². The predicted octanol–water partition coefficient (Wildman–Crippen LogP) is 4.67. The number of hydrazone groups is 1. The average molecular weight is 258 g/mol. The van der Waals surface area contributed by atoms with Crippen LogP contribution in [-0.2, 0) is 0 Å². The van der Waals surface area contributed by atoms with Crippen molar-refractivity contribution in [3.05, 3.63) is 29.8 Å². The van der Waals surface area contributed by atoms with Crippen LogP contribution in [0.1, 0.15) is 53.0 Å². The van der Waals surface area contributed by atoms with Crippen molar-refractivity contribution < 1.29 is 0 Å². The van der Waals surface area contributed by atoms with Gasteiger partial charge in [-0.2, -0.15) is 5.10 Å². The smallest absolute Gasteiger partial charge is 0.0597 e. The summed E-state index contributed by atoms with van der Waals surface area (Å²) in [5.74, 6) is 1.78. The molecule has 0 saturated heterocycles. The lowest BCUT2D eigenvalue weighted by Crippen LogP contribution is -2.33. The van der Waals surface area contributed by atoms with Gasteiger partial charge in [0.1, 0.15) is 0 Å². The standard InChI is InChI=1S/C17H26N2/c1-11(2)15-7-9-16(10-8-15)19-14(6)17(12(3)4)13(5)18-19/h7-12,14,17H,1-6H3. The molecule has 2 unspecified atom stereocenters. The van der Waals surface area contributed by atoms with Gasteiger partial charge in [-0.25, -0.2) is 0 Å². The minimum atomic E-state index is 0.449. The van der Waals surface area contributed by atoms with Crippen LogP contribution in [0.15, 0.2) is 29.4 Å². The number of benzene rings is 1. The normalized spacial score (nSPS) is 23.4. The molecule has 0 aromatic heterocycles. The Morgan fingerprint density at radius 3 is 2.05 bits per heavy atom. The number of nitrogens with zero attached hydrogens (tertiary/aromatic N) is 2. The zero-order valence-electron chi connectivity index (χ0n) is 13.0. The second-order valence-corrected chi connectivity index (χ2v) is 6.34. The van der Waals surface area contributed by atoms with E-state index in [0.29, 0.717) is 23.8 Å². The molecule has 1 aliphatic rings. The molecule has 1 aliphatic heterocycles. The molecule has 0 bridgehead atoms. The largest absolute Gasteiger partial charge is 0.262 e. The van der Waals surface area contributed by atoms with Gasteiger partial charge in [-0.05, 0) is 43.4 Å².